The van der Waals surface area contributed by atoms with E-state index >= 15 is 0 Å². The predicted molar refractivity (Wildman–Crippen MR) is 108 cm³/mol. The van der Waals surface area contributed by atoms with Crippen molar-refractivity contribution in [3.05, 3.63) is 61.9 Å². The number of non-ortho nitro benzene ring substituents is 1. The summed E-state index contributed by atoms with van der Waals surface area (Å²) in [6.07, 6.45) is 1.45. The van der Waals surface area contributed by atoms with Crippen LogP contribution in [0.15, 0.2) is 51.4 Å². The van der Waals surface area contributed by atoms with E-state index in [1.54, 1.807) is 24.3 Å². The summed E-state index contributed by atoms with van der Waals surface area (Å²) in [4.78, 5) is 14.7. The SMILES string of the molecule is COc1cc(Br)cc(/C=N/Nc2nc(-c3ccc([N+](=O)[O-])cc3)cs2)c1O. The summed E-state index contributed by atoms with van der Waals surface area (Å²) in [5.41, 5.74) is 4.75. The molecule has 138 valence electrons. The molecule has 0 unspecified atom stereocenters. The number of ether oxygens (including phenoxy) is 1. The molecule has 2 N–H and O–H groups in total. The lowest BCUT2D eigenvalue weighted by Crippen LogP contribution is -1.93. The number of phenols is 1. The zero-order valence-electron chi connectivity index (χ0n) is 13.9. The number of hydrogen-bond acceptors (Lipinski definition) is 8. The van der Waals surface area contributed by atoms with E-state index in [9.17, 15) is 15.2 Å². The molecule has 0 aliphatic heterocycles. The number of nitro groups is 1. The minimum Gasteiger partial charge on any atom is -0.504 e. The van der Waals surface area contributed by atoms with Gasteiger partial charge < -0.3 is 9.84 Å². The van der Waals surface area contributed by atoms with E-state index in [1.807, 2.05) is 5.38 Å². The average Bonchev–Trinajstić information content (AvgIpc) is 3.13. The molecule has 3 aromatic rings. The maximum absolute atomic E-state index is 10.7. The van der Waals surface area contributed by atoms with Crippen LogP contribution in [0.25, 0.3) is 11.3 Å². The highest BCUT2D eigenvalue weighted by atomic mass is 79.9. The lowest BCUT2D eigenvalue weighted by Gasteiger charge is -2.06. The first-order valence-corrected chi connectivity index (χ1v) is 9.21. The molecule has 0 saturated heterocycles. The van der Waals surface area contributed by atoms with Crippen molar-refractivity contribution in [3.8, 4) is 22.8 Å². The van der Waals surface area contributed by atoms with Gasteiger partial charge >= 0.3 is 0 Å². The number of methoxy groups -OCH3 is 1. The molecule has 1 heterocycles. The summed E-state index contributed by atoms with van der Waals surface area (Å²) in [5.74, 6) is 0.317. The van der Waals surface area contributed by atoms with Gasteiger partial charge in [-0.05, 0) is 24.3 Å². The summed E-state index contributed by atoms with van der Waals surface area (Å²) >= 11 is 4.68. The lowest BCUT2D eigenvalue weighted by atomic mass is 10.1. The number of phenolic OH excluding ortho intramolecular Hbond substituents is 1. The Morgan fingerprint density at radius 1 is 1.37 bits per heavy atom. The second-order valence-corrected chi connectivity index (χ2v) is 7.03. The van der Waals surface area contributed by atoms with Crippen LogP contribution in [0, 0.1) is 10.1 Å². The van der Waals surface area contributed by atoms with Crippen molar-refractivity contribution < 1.29 is 14.8 Å². The molecule has 27 heavy (non-hydrogen) atoms. The molecule has 0 atom stereocenters. The van der Waals surface area contributed by atoms with Crippen molar-refractivity contribution in [2.24, 2.45) is 5.10 Å². The van der Waals surface area contributed by atoms with E-state index < -0.39 is 4.92 Å². The minimum atomic E-state index is -0.446. The third-order valence-electron chi connectivity index (χ3n) is 3.53. The molecule has 0 radical (unpaired) electrons. The molecule has 8 nitrogen and oxygen atoms in total. The number of hydrogen-bond donors (Lipinski definition) is 2. The third-order valence-corrected chi connectivity index (χ3v) is 4.74. The average molecular weight is 449 g/mol. The maximum Gasteiger partial charge on any atom is 0.269 e. The van der Waals surface area contributed by atoms with E-state index in [4.69, 9.17) is 4.74 Å². The second kappa shape index (κ2) is 8.14. The molecule has 1 aromatic heterocycles. The Morgan fingerprint density at radius 3 is 2.78 bits per heavy atom. The molecular weight excluding hydrogens is 436 g/mol. The zero-order chi connectivity index (χ0) is 19.4. The topological polar surface area (TPSA) is 110 Å². The molecule has 10 heteroatoms. The summed E-state index contributed by atoms with van der Waals surface area (Å²) in [5, 5.41) is 27.3. The van der Waals surface area contributed by atoms with E-state index in [0.717, 1.165) is 10.0 Å². The molecule has 0 aliphatic carbocycles. The summed E-state index contributed by atoms with van der Waals surface area (Å²) in [7, 11) is 1.47. The first-order chi connectivity index (χ1) is 13.0. The fraction of sp³-hybridized carbons (Fsp3) is 0.0588. The fourth-order valence-corrected chi connectivity index (χ4v) is 3.34. The number of thiazole rings is 1. The number of rotatable bonds is 6. The van der Waals surface area contributed by atoms with Gasteiger partial charge in [0.2, 0.25) is 5.13 Å². The summed E-state index contributed by atoms with van der Waals surface area (Å²) in [6, 6.07) is 9.51. The Kier molecular flexibility index (Phi) is 5.67. The molecule has 2 aromatic carbocycles. The highest BCUT2D eigenvalue weighted by Crippen LogP contribution is 2.32. The highest BCUT2D eigenvalue weighted by Gasteiger charge is 2.09. The minimum absolute atomic E-state index is 0.0167. The number of aromatic nitrogens is 1. The first-order valence-electron chi connectivity index (χ1n) is 7.54. The Morgan fingerprint density at radius 2 is 2.11 bits per heavy atom. The number of hydrazone groups is 1. The summed E-state index contributed by atoms with van der Waals surface area (Å²) < 4.78 is 5.84. The largest absolute Gasteiger partial charge is 0.504 e. The van der Waals surface area contributed by atoms with Crippen LogP contribution in [-0.2, 0) is 0 Å². The zero-order valence-corrected chi connectivity index (χ0v) is 16.3. The number of halogens is 1. The summed E-state index contributed by atoms with van der Waals surface area (Å²) in [6.45, 7) is 0. The molecule has 0 bridgehead atoms. The smallest absolute Gasteiger partial charge is 0.269 e. The maximum atomic E-state index is 10.7. The van der Waals surface area contributed by atoms with Gasteiger partial charge in [0.15, 0.2) is 11.5 Å². The van der Waals surface area contributed by atoms with E-state index in [1.165, 1.54) is 36.8 Å². The van der Waals surface area contributed by atoms with Gasteiger partial charge in [0.25, 0.3) is 5.69 Å². The number of aromatic hydroxyl groups is 1. The van der Waals surface area contributed by atoms with Gasteiger partial charge in [-0.2, -0.15) is 5.10 Å². The quantitative estimate of drug-likeness (QED) is 0.322. The number of anilines is 1. The Balaban J connectivity index is 1.72. The van der Waals surface area contributed by atoms with Crippen molar-refractivity contribution >= 4 is 44.3 Å². The molecule has 3 rings (SSSR count). The Labute approximate surface area is 166 Å². The van der Waals surface area contributed by atoms with Crippen LogP contribution < -0.4 is 10.2 Å². The van der Waals surface area contributed by atoms with Gasteiger partial charge in [-0.15, -0.1) is 11.3 Å². The molecule has 0 fully saturated rings. The van der Waals surface area contributed by atoms with Gasteiger partial charge in [0, 0.05) is 33.1 Å². The van der Waals surface area contributed by atoms with Gasteiger partial charge in [0.1, 0.15) is 0 Å². The Hall–Kier alpha value is -2.98. The molecule has 0 aliphatic rings. The molecule has 0 spiro atoms. The van der Waals surface area contributed by atoms with Crippen molar-refractivity contribution in [2.75, 3.05) is 12.5 Å². The fourth-order valence-electron chi connectivity index (χ4n) is 2.22. The van der Waals surface area contributed by atoms with E-state index in [2.05, 4.69) is 31.4 Å². The number of benzene rings is 2. The predicted octanol–water partition coefficient (Wildman–Crippen LogP) is 4.64. The Bertz CT molecular complexity index is 1000. The van der Waals surface area contributed by atoms with Crippen LogP contribution in [0.3, 0.4) is 0 Å². The van der Waals surface area contributed by atoms with Crippen LogP contribution in [0.4, 0.5) is 10.8 Å². The van der Waals surface area contributed by atoms with Gasteiger partial charge in [-0.1, -0.05) is 15.9 Å². The second-order valence-electron chi connectivity index (χ2n) is 5.26. The number of nitrogens with one attached hydrogen (secondary N) is 1. The van der Waals surface area contributed by atoms with Gasteiger partial charge in [-0.25, -0.2) is 4.98 Å². The van der Waals surface area contributed by atoms with Gasteiger partial charge in [0.05, 0.1) is 23.9 Å². The van der Waals surface area contributed by atoms with Crippen molar-refractivity contribution in [1.82, 2.24) is 4.98 Å². The van der Waals surface area contributed by atoms with Crippen LogP contribution in [0.5, 0.6) is 11.5 Å². The number of nitro benzene ring substituents is 1. The van der Waals surface area contributed by atoms with Crippen LogP contribution in [0.1, 0.15) is 5.56 Å². The molecular formula is C17H13BrN4O4S. The van der Waals surface area contributed by atoms with E-state index in [0.29, 0.717) is 22.1 Å². The van der Waals surface area contributed by atoms with Crippen molar-refractivity contribution in [3.63, 3.8) is 0 Å². The standard InChI is InChI=1S/C17H13BrN4O4S/c1-26-15-7-12(18)6-11(16(15)23)8-19-21-17-20-14(9-27-17)10-2-4-13(5-3-10)22(24)25/h2-9,23H,1H3,(H,20,21)/b19-8+. The molecule has 0 amide bonds. The normalized spacial score (nSPS) is 10.9. The van der Waals surface area contributed by atoms with Crippen LogP contribution in [0.2, 0.25) is 0 Å². The highest BCUT2D eigenvalue weighted by molar-refractivity contribution is 9.10. The van der Waals surface area contributed by atoms with Crippen molar-refractivity contribution in [1.29, 1.82) is 0 Å². The van der Waals surface area contributed by atoms with E-state index in [-0.39, 0.29) is 11.4 Å². The van der Waals surface area contributed by atoms with Crippen molar-refractivity contribution in [2.45, 2.75) is 0 Å². The monoisotopic (exact) mass is 448 g/mol. The first kappa shape index (κ1) is 18.8. The molecule has 0 saturated carbocycles. The lowest BCUT2D eigenvalue weighted by molar-refractivity contribution is -0.384. The van der Waals surface area contributed by atoms with Crippen LogP contribution >= 0.6 is 27.3 Å². The van der Waals surface area contributed by atoms with Gasteiger partial charge in [-0.3, -0.25) is 15.5 Å². The number of nitrogens with zero attached hydrogens (tertiary/aromatic N) is 3. The third kappa shape index (κ3) is 4.41. The van der Waals surface area contributed by atoms with Crippen LogP contribution in [-0.4, -0.2) is 28.3 Å².